The normalized spacial score (nSPS) is 11.4. The topological polar surface area (TPSA) is 81.1 Å². The Balaban J connectivity index is 1.93. The molecular formula is C17H12Cl3N3O3S. The number of aryl methyl sites for hydroxylation is 1. The number of carbonyl (C=O) groups is 1. The molecule has 0 saturated carbocycles. The van der Waals surface area contributed by atoms with Crippen LogP contribution in [-0.4, -0.2) is 24.1 Å². The number of aromatic nitrogens is 2. The number of nitrogens with one attached hydrogen (secondary N) is 1. The zero-order chi connectivity index (χ0) is 19.8. The first-order valence-electron chi connectivity index (χ1n) is 7.53. The summed E-state index contributed by atoms with van der Waals surface area (Å²) in [6.45, 7) is 1.56. The van der Waals surface area contributed by atoms with E-state index in [1.807, 2.05) is 4.72 Å². The van der Waals surface area contributed by atoms with Gasteiger partial charge in [-0.25, -0.2) is 17.8 Å². The van der Waals surface area contributed by atoms with Crippen molar-refractivity contribution in [3.8, 4) is 5.69 Å². The van der Waals surface area contributed by atoms with Crippen LogP contribution in [-0.2, 0) is 10.0 Å². The molecule has 2 aromatic carbocycles. The van der Waals surface area contributed by atoms with E-state index in [9.17, 15) is 13.2 Å². The molecule has 0 radical (unpaired) electrons. The van der Waals surface area contributed by atoms with Crippen molar-refractivity contribution < 1.29 is 13.2 Å². The van der Waals surface area contributed by atoms with Crippen molar-refractivity contribution in [3.05, 3.63) is 75.0 Å². The smallest absolute Gasteiger partial charge is 0.268 e. The number of halogens is 3. The molecule has 0 aliphatic heterocycles. The van der Waals surface area contributed by atoms with Crippen molar-refractivity contribution >= 4 is 50.7 Å². The lowest BCUT2D eigenvalue weighted by Gasteiger charge is -2.07. The molecule has 0 aliphatic rings. The third-order valence-corrected chi connectivity index (χ3v) is 5.85. The van der Waals surface area contributed by atoms with Crippen molar-refractivity contribution in [1.29, 1.82) is 0 Å². The predicted molar refractivity (Wildman–Crippen MR) is 104 cm³/mol. The van der Waals surface area contributed by atoms with Gasteiger partial charge in [-0.2, -0.15) is 5.10 Å². The Morgan fingerprint density at radius 1 is 0.963 bits per heavy atom. The second-order valence-electron chi connectivity index (χ2n) is 5.53. The molecule has 3 aromatic rings. The van der Waals surface area contributed by atoms with Crippen LogP contribution in [0.2, 0.25) is 15.2 Å². The Morgan fingerprint density at radius 3 is 2.04 bits per heavy atom. The van der Waals surface area contributed by atoms with E-state index in [4.69, 9.17) is 34.8 Å². The highest BCUT2D eigenvalue weighted by molar-refractivity contribution is 7.90. The first-order valence-corrected chi connectivity index (χ1v) is 10.1. The Hall–Kier alpha value is -2.06. The molecule has 0 spiro atoms. The average molecular weight is 445 g/mol. The summed E-state index contributed by atoms with van der Waals surface area (Å²) < 4.78 is 28.1. The summed E-state index contributed by atoms with van der Waals surface area (Å²) >= 11 is 17.9. The summed E-state index contributed by atoms with van der Waals surface area (Å²) in [5.74, 6) is -0.882. The van der Waals surface area contributed by atoms with Gasteiger partial charge in [0, 0.05) is 10.0 Å². The van der Waals surface area contributed by atoms with Gasteiger partial charge in [0.25, 0.3) is 15.9 Å². The second kappa shape index (κ2) is 7.52. The molecule has 0 unspecified atom stereocenters. The average Bonchev–Trinajstić information content (AvgIpc) is 2.90. The number of carbonyl (C=O) groups excluding carboxylic acids is 1. The minimum atomic E-state index is -4.09. The zero-order valence-electron chi connectivity index (χ0n) is 13.8. The maximum atomic E-state index is 12.6. The van der Waals surface area contributed by atoms with Crippen LogP contribution in [0.4, 0.5) is 0 Å². The predicted octanol–water partition coefficient (Wildman–Crippen LogP) is 4.26. The van der Waals surface area contributed by atoms with Crippen molar-refractivity contribution in [3.63, 3.8) is 0 Å². The van der Waals surface area contributed by atoms with Crippen LogP contribution in [0.15, 0.2) is 53.4 Å². The SMILES string of the molecule is Cc1nn(-c2ccc(Cl)cc2)c(Cl)c1C(=O)NS(=O)(=O)c1ccc(Cl)cc1. The number of hydrogen-bond donors (Lipinski definition) is 1. The molecule has 1 N–H and O–H groups in total. The van der Waals surface area contributed by atoms with E-state index >= 15 is 0 Å². The van der Waals surface area contributed by atoms with E-state index in [0.29, 0.717) is 15.7 Å². The summed E-state index contributed by atoms with van der Waals surface area (Å²) in [4.78, 5) is 12.5. The standard InChI is InChI=1S/C17H12Cl3N3O3S/c1-10-15(16(20)23(21-10)13-6-2-11(18)3-7-13)17(24)22-27(25,26)14-8-4-12(19)5-9-14/h2-9H,1H3,(H,22,24). The Kier molecular flexibility index (Phi) is 5.48. The number of nitrogens with zero attached hydrogens (tertiary/aromatic N) is 2. The maximum Gasteiger partial charge on any atom is 0.270 e. The van der Waals surface area contributed by atoms with Crippen LogP contribution in [0.25, 0.3) is 5.69 Å². The fourth-order valence-corrected chi connectivity index (χ4v) is 3.92. The highest BCUT2D eigenvalue weighted by Crippen LogP contribution is 2.25. The highest BCUT2D eigenvalue weighted by Gasteiger charge is 2.25. The van der Waals surface area contributed by atoms with E-state index in [-0.39, 0.29) is 21.3 Å². The number of benzene rings is 2. The first-order chi connectivity index (χ1) is 12.7. The lowest BCUT2D eigenvalue weighted by Crippen LogP contribution is -2.31. The molecular weight excluding hydrogens is 433 g/mol. The van der Waals surface area contributed by atoms with Crippen molar-refractivity contribution in [2.24, 2.45) is 0 Å². The van der Waals surface area contributed by atoms with E-state index < -0.39 is 15.9 Å². The third kappa shape index (κ3) is 4.11. The summed E-state index contributed by atoms with van der Waals surface area (Å²) in [5.41, 5.74) is 0.815. The van der Waals surface area contributed by atoms with Gasteiger partial charge in [0.05, 0.1) is 16.3 Å². The summed E-state index contributed by atoms with van der Waals surface area (Å²) in [5, 5.41) is 5.11. The number of amides is 1. The highest BCUT2D eigenvalue weighted by atomic mass is 35.5. The van der Waals surface area contributed by atoms with Gasteiger partial charge < -0.3 is 0 Å². The molecule has 0 saturated heterocycles. The molecule has 0 atom stereocenters. The van der Waals surface area contributed by atoms with E-state index in [1.54, 1.807) is 31.2 Å². The number of sulfonamides is 1. The molecule has 0 fully saturated rings. The van der Waals surface area contributed by atoms with Gasteiger partial charge >= 0.3 is 0 Å². The molecule has 0 aliphatic carbocycles. The summed E-state index contributed by atoms with van der Waals surface area (Å²) in [7, 11) is -4.09. The first kappa shape index (κ1) is 19.7. The van der Waals surface area contributed by atoms with Gasteiger partial charge in [-0.1, -0.05) is 34.8 Å². The minimum absolute atomic E-state index is 0.0152. The molecule has 0 bridgehead atoms. The van der Waals surface area contributed by atoms with E-state index in [1.165, 1.54) is 28.9 Å². The summed E-state index contributed by atoms with van der Waals surface area (Å²) in [6.07, 6.45) is 0. The van der Waals surface area contributed by atoms with Crippen LogP contribution in [0.3, 0.4) is 0 Å². The van der Waals surface area contributed by atoms with Crippen LogP contribution in [0.1, 0.15) is 16.1 Å². The fraction of sp³-hybridized carbons (Fsp3) is 0.0588. The molecule has 1 heterocycles. The van der Waals surface area contributed by atoms with Gasteiger partial charge in [0.15, 0.2) is 0 Å². The third-order valence-electron chi connectivity index (χ3n) is 3.65. The Bertz CT molecular complexity index is 1110. The van der Waals surface area contributed by atoms with Gasteiger partial charge in [0.2, 0.25) is 0 Å². The Labute approximate surface area is 170 Å². The van der Waals surface area contributed by atoms with Crippen molar-refractivity contribution in [1.82, 2.24) is 14.5 Å². The number of hydrogen-bond acceptors (Lipinski definition) is 4. The fourth-order valence-electron chi connectivity index (χ4n) is 2.36. The monoisotopic (exact) mass is 443 g/mol. The molecule has 3 rings (SSSR count). The Morgan fingerprint density at radius 2 is 1.48 bits per heavy atom. The lowest BCUT2D eigenvalue weighted by atomic mass is 10.2. The van der Waals surface area contributed by atoms with Crippen LogP contribution in [0.5, 0.6) is 0 Å². The van der Waals surface area contributed by atoms with E-state index in [2.05, 4.69) is 5.10 Å². The van der Waals surface area contributed by atoms with Gasteiger partial charge in [-0.3, -0.25) is 4.79 Å². The largest absolute Gasteiger partial charge is 0.270 e. The summed E-state index contributed by atoms with van der Waals surface area (Å²) in [6, 6.07) is 12.1. The van der Waals surface area contributed by atoms with Crippen LogP contribution in [0, 0.1) is 6.92 Å². The molecule has 1 aromatic heterocycles. The molecule has 10 heteroatoms. The quantitative estimate of drug-likeness (QED) is 0.652. The van der Waals surface area contributed by atoms with Gasteiger partial charge in [-0.15, -0.1) is 0 Å². The maximum absolute atomic E-state index is 12.6. The molecule has 6 nitrogen and oxygen atoms in total. The lowest BCUT2D eigenvalue weighted by molar-refractivity contribution is 0.0981. The van der Waals surface area contributed by atoms with Gasteiger partial charge in [-0.05, 0) is 55.5 Å². The van der Waals surface area contributed by atoms with E-state index in [0.717, 1.165) is 0 Å². The minimum Gasteiger partial charge on any atom is -0.268 e. The van der Waals surface area contributed by atoms with Gasteiger partial charge in [0.1, 0.15) is 10.7 Å². The second-order valence-corrected chi connectivity index (χ2v) is 8.44. The zero-order valence-corrected chi connectivity index (χ0v) is 16.9. The van der Waals surface area contributed by atoms with Crippen LogP contribution < -0.4 is 4.72 Å². The molecule has 140 valence electrons. The molecule has 27 heavy (non-hydrogen) atoms. The van der Waals surface area contributed by atoms with Crippen molar-refractivity contribution in [2.75, 3.05) is 0 Å². The van der Waals surface area contributed by atoms with Crippen LogP contribution >= 0.6 is 34.8 Å². The molecule has 1 amide bonds. The van der Waals surface area contributed by atoms with Crippen molar-refractivity contribution in [2.45, 2.75) is 11.8 Å². The number of rotatable bonds is 4.